The summed E-state index contributed by atoms with van der Waals surface area (Å²) in [7, 11) is 0. The third kappa shape index (κ3) is 4.52. The predicted octanol–water partition coefficient (Wildman–Crippen LogP) is 3.57. The Morgan fingerprint density at radius 3 is 2.46 bits per heavy atom. The van der Waals surface area contributed by atoms with Crippen molar-refractivity contribution in [3.63, 3.8) is 0 Å². The zero-order chi connectivity index (χ0) is 20.3. The van der Waals surface area contributed by atoms with Gasteiger partial charge in [0.05, 0.1) is 16.4 Å². The summed E-state index contributed by atoms with van der Waals surface area (Å²) in [5.74, 6) is -1.51. The third-order valence-electron chi connectivity index (χ3n) is 3.70. The van der Waals surface area contributed by atoms with E-state index in [1.54, 1.807) is 0 Å². The Hall–Kier alpha value is -3.26. The number of hydrogen-bond acceptors (Lipinski definition) is 4. The normalized spacial score (nSPS) is 11.7. The van der Waals surface area contributed by atoms with Crippen LogP contribution in [0.4, 0.5) is 14.5 Å². The Bertz CT molecular complexity index is 1070. The van der Waals surface area contributed by atoms with Gasteiger partial charge in [-0.1, -0.05) is 11.6 Å². The van der Waals surface area contributed by atoms with Crippen molar-refractivity contribution >= 4 is 23.2 Å². The first-order valence-corrected chi connectivity index (χ1v) is 8.50. The van der Waals surface area contributed by atoms with Crippen LogP contribution in [0.1, 0.15) is 6.92 Å². The van der Waals surface area contributed by atoms with Crippen molar-refractivity contribution in [2.75, 3.05) is 5.32 Å². The van der Waals surface area contributed by atoms with Crippen molar-refractivity contribution in [3.8, 4) is 11.6 Å². The molecule has 1 atom stereocenters. The second-order valence-electron chi connectivity index (χ2n) is 5.77. The molecule has 1 N–H and O–H groups in total. The minimum atomic E-state index is -0.993. The Kier molecular flexibility index (Phi) is 5.70. The molecule has 0 saturated carbocycles. The highest BCUT2D eigenvalue weighted by molar-refractivity contribution is 6.33. The van der Waals surface area contributed by atoms with E-state index in [1.807, 2.05) is 0 Å². The molecular weight excluding hydrogens is 392 g/mol. The molecule has 3 rings (SSSR count). The molecule has 1 aromatic heterocycles. The van der Waals surface area contributed by atoms with E-state index in [1.165, 1.54) is 49.4 Å². The minimum absolute atomic E-state index is 0.0109. The molecule has 3 aromatic rings. The standard InChI is InChI=1S/C19H14ClF2N3O3/c1-11(19(27)23-16-7-4-13(22)10-15(16)20)28-17-8-9-18(26)25(24-17)14-5-2-12(21)3-6-14/h2-11H,1H3,(H,23,27)/t11-/m0/s1. The zero-order valence-corrected chi connectivity index (χ0v) is 15.3. The number of hydrogen-bond donors (Lipinski definition) is 1. The van der Waals surface area contributed by atoms with Gasteiger partial charge in [-0.3, -0.25) is 9.59 Å². The molecule has 0 aliphatic carbocycles. The molecule has 1 amide bonds. The molecule has 2 aromatic carbocycles. The summed E-state index contributed by atoms with van der Waals surface area (Å²) in [6.45, 7) is 1.47. The molecule has 0 saturated heterocycles. The van der Waals surface area contributed by atoms with E-state index in [0.29, 0.717) is 5.69 Å². The van der Waals surface area contributed by atoms with Crippen LogP contribution in [-0.2, 0) is 4.79 Å². The minimum Gasteiger partial charge on any atom is -0.463 e. The predicted molar refractivity (Wildman–Crippen MR) is 99.9 cm³/mol. The van der Waals surface area contributed by atoms with E-state index in [2.05, 4.69) is 10.4 Å². The van der Waals surface area contributed by atoms with Gasteiger partial charge in [-0.25, -0.2) is 8.78 Å². The van der Waals surface area contributed by atoms with Gasteiger partial charge in [0, 0.05) is 12.1 Å². The second kappa shape index (κ2) is 8.18. The molecule has 0 fully saturated rings. The average molecular weight is 406 g/mol. The number of carbonyl (C=O) groups excluding carboxylic acids is 1. The lowest BCUT2D eigenvalue weighted by molar-refractivity contribution is -0.122. The summed E-state index contributed by atoms with van der Waals surface area (Å²) in [5, 5.41) is 6.60. The first kappa shape index (κ1) is 19.5. The number of amides is 1. The number of nitrogens with one attached hydrogen (secondary N) is 1. The molecule has 0 radical (unpaired) electrons. The molecule has 0 aliphatic rings. The highest BCUT2D eigenvalue weighted by atomic mass is 35.5. The summed E-state index contributed by atoms with van der Waals surface area (Å²) in [4.78, 5) is 24.3. The molecular formula is C19H14ClF2N3O3. The Morgan fingerprint density at radius 2 is 1.79 bits per heavy atom. The fourth-order valence-corrected chi connectivity index (χ4v) is 2.50. The van der Waals surface area contributed by atoms with Crippen molar-refractivity contribution in [1.29, 1.82) is 0 Å². The van der Waals surface area contributed by atoms with Crippen LogP contribution < -0.4 is 15.6 Å². The highest BCUT2D eigenvalue weighted by Gasteiger charge is 2.17. The maximum absolute atomic E-state index is 13.1. The summed E-state index contributed by atoms with van der Waals surface area (Å²) >= 11 is 5.88. The lowest BCUT2D eigenvalue weighted by Crippen LogP contribution is -2.31. The first-order valence-electron chi connectivity index (χ1n) is 8.12. The lowest BCUT2D eigenvalue weighted by Gasteiger charge is -2.15. The van der Waals surface area contributed by atoms with Crippen LogP contribution in [0.5, 0.6) is 5.88 Å². The van der Waals surface area contributed by atoms with Gasteiger partial charge >= 0.3 is 0 Å². The van der Waals surface area contributed by atoms with E-state index < -0.39 is 29.2 Å². The lowest BCUT2D eigenvalue weighted by atomic mass is 10.3. The fraction of sp³-hybridized carbons (Fsp3) is 0.105. The van der Waals surface area contributed by atoms with Crippen LogP contribution in [0.15, 0.2) is 59.4 Å². The smallest absolute Gasteiger partial charge is 0.271 e. The van der Waals surface area contributed by atoms with Gasteiger partial charge in [0.25, 0.3) is 11.5 Å². The van der Waals surface area contributed by atoms with Crippen molar-refractivity contribution < 1.29 is 18.3 Å². The van der Waals surface area contributed by atoms with E-state index in [0.717, 1.165) is 16.8 Å². The Morgan fingerprint density at radius 1 is 1.11 bits per heavy atom. The summed E-state index contributed by atoms with van der Waals surface area (Å²) in [6, 6.07) is 11.3. The monoisotopic (exact) mass is 405 g/mol. The summed E-state index contributed by atoms with van der Waals surface area (Å²) < 4.78 is 32.7. The van der Waals surface area contributed by atoms with E-state index in [9.17, 15) is 18.4 Å². The van der Waals surface area contributed by atoms with Gasteiger partial charge in [-0.15, -0.1) is 5.10 Å². The quantitative estimate of drug-likeness (QED) is 0.704. The zero-order valence-electron chi connectivity index (χ0n) is 14.5. The third-order valence-corrected chi connectivity index (χ3v) is 4.02. The van der Waals surface area contributed by atoms with Crippen LogP contribution in [0.3, 0.4) is 0 Å². The Labute approximate surface area is 163 Å². The number of benzene rings is 2. The van der Waals surface area contributed by atoms with Gasteiger partial charge in [0.2, 0.25) is 5.88 Å². The van der Waals surface area contributed by atoms with Crippen molar-refractivity contribution in [3.05, 3.63) is 81.6 Å². The van der Waals surface area contributed by atoms with Gasteiger partial charge in [0.15, 0.2) is 6.10 Å². The molecule has 0 bridgehead atoms. The van der Waals surface area contributed by atoms with E-state index >= 15 is 0 Å². The number of carbonyl (C=O) groups is 1. The SMILES string of the molecule is C[C@H](Oc1ccc(=O)n(-c2ccc(F)cc2)n1)C(=O)Nc1ccc(F)cc1Cl. The van der Waals surface area contributed by atoms with Gasteiger partial charge < -0.3 is 10.1 Å². The van der Waals surface area contributed by atoms with Crippen molar-refractivity contribution in [2.24, 2.45) is 0 Å². The number of aromatic nitrogens is 2. The van der Waals surface area contributed by atoms with E-state index in [4.69, 9.17) is 16.3 Å². The number of rotatable bonds is 5. The molecule has 0 unspecified atom stereocenters. The number of halogens is 3. The molecule has 144 valence electrons. The van der Waals surface area contributed by atoms with Crippen LogP contribution >= 0.6 is 11.6 Å². The maximum atomic E-state index is 13.1. The molecule has 6 nitrogen and oxygen atoms in total. The van der Waals surface area contributed by atoms with E-state index in [-0.39, 0.29) is 16.6 Å². The largest absolute Gasteiger partial charge is 0.463 e. The van der Waals surface area contributed by atoms with Gasteiger partial charge in [-0.2, -0.15) is 4.68 Å². The molecule has 1 heterocycles. The van der Waals surface area contributed by atoms with Gasteiger partial charge in [-0.05, 0) is 49.4 Å². The van der Waals surface area contributed by atoms with Crippen LogP contribution in [0, 0.1) is 11.6 Å². The summed E-state index contributed by atoms with van der Waals surface area (Å²) in [5.41, 5.74) is 0.119. The van der Waals surface area contributed by atoms with Crippen LogP contribution in [0.2, 0.25) is 5.02 Å². The highest BCUT2D eigenvalue weighted by Crippen LogP contribution is 2.22. The number of nitrogens with zero attached hydrogens (tertiary/aromatic N) is 2. The maximum Gasteiger partial charge on any atom is 0.271 e. The number of ether oxygens (including phenoxy) is 1. The molecule has 0 aliphatic heterocycles. The van der Waals surface area contributed by atoms with Crippen LogP contribution in [-0.4, -0.2) is 21.8 Å². The van der Waals surface area contributed by atoms with Crippen LogP contribution in [0.25, 0.3) is 5.69 Å². The van der Waals surface area contributed by atoms with Crippen molar-refractivity contribution in [2.45, 2.75) is 13.0 Å². The topological polar surface area (TPSA) is 73.2 Å². The first-order chi connectivity index (χ1) is 13.3. The summed E-state index contributed by atoms with van der Waals surface area (Å²) in [6.07, 6.45) is -0.993. The molecule has 0 spiro atoms. The number of anilines is 1. The second-order valence-corrected chi connectivity index (χ2v) is 6.18. The average Bonchev–Trinajstić information content (AvgIpc) is 2.66. The van der Waals surface area contributed by atoms with Gasteiger partial charge in [0.1, 0.15) is 11.6 Å². The molecule has 28 heavy (non-hydrogen) atoms. The fourth-order valence-electron chi connectivity index (χ4n) is 2.28. The molecule has 9 heteroatoms. The Balaban J connectivity index is 1.75. The van der Waals surface area contributed by atoms with Crippen molar-refractivity contribution in [1.82, 2.24) is 9.78 Å².